The number of primary sulfonamides is 1. The second-order valence-corrected chi connectivity index (χ2v) is 8.10. The number of quaternary nitrogens is 1. The molecule has 0 saturated carbocycles. The van der Waals surface area contributed by atoms with Crippen LogP contribution in [0.5, 0.6) is 5.75 Å². The first-order valence-electron chi connectivity index (χ1n) is 8.75. The molecule has 2 aromatic carbocycles. The number of amides is 2. The highest BCUT2D eigenvalue weighted by Gasteiger charge is 2.42. The predicted octanol–water partition coefficient (Wildman–Crippen LogP) is -0.219. The number of anilines is 1. The summed E-state index contributed by atoms with van der Waals surface area (Å²) in [6.45, 7) is 0.588. The second kappa shape index (κ2) is 8.09. The van der Waals surface area contributed by atoms with Crippen molar-refractivity contribution in [3.8, 4) is 5.75 Å². The van der Waals surface area contributed by atoms with E-state index in [2.05, 4.69) is 0 Å². The van der Waals surface area contributed by atoms with E-state index in [0.29, 0.717) is 24.4 Å². The van der Waals surface area contributed by atoms with Gasteiger partial charge in [-0.25, -0.2) is 18.5 Å². The maximum atomic E-state index is 12.7. The van der Waals surface area contributed by atoms with Crippen molar-refractivity contribution >= 4 is 27.5 Å². The van der Waals surface area contributed by atoms with Crippen LogP contribution in [0.15, 0.2) is 53.4 Å². The highest BCUT2D eigenvalue weighted by Crippen LogP contribution is 2.25. The average Bonchev–Trinajstić information content (AvgIpc) is 2.95. The van der Waals surface area contributed by atoms with Gasteiger partial charge in [0.05, 0.1) is 30.7 Å². The largest absolute Gasteiger partial charge is 0.497 e. The van der Waals surface area contributed by atoms with Crippen LogP contribution in [0.2, 0.25) is 0 Å². The van der Waals surface area contributed by atoms with E-state index in [1.807, 2.05) is 5.32 Å². The van der Waals surface area contributed by atoms with Crippen LogP contribution in [0.4, 0.5) is 5.69 Å². The summed E-state index contributed by atoms with van der Waals surface area (Å²) in [5.74, 6) is 0.0910. The average molecular weight is 404 g/mol. The maximum Gasteiger partial charge on any atom is 0.292 e. The second-order valence-electron chi connectivity index (χ2n) is 6.54. The molecule has 3 rings (SSSR count). The standard InChI is InChI=1S/C19H21N3O5S/c1-27-15-4-2-3-14(11-15)22-18(23)12-17(19(22)24)21-10-9-13-5-7-16(8-6-13)28(20,25)26/h2-8,11,17,21H,9-10,12H2,1H3,(H2,20,25,26)/p+1/t17-/m1/s1. The molecule has 2 amide bonds. The van der Waals surface area contributed by atoms with Crippen molar-refractivity contribution in [3.63, 3.8) is 0 Å². The number of nitrogens with two attached hydrogens (primary N) is 2. The van der Waals surface area contributed by atoms with E-state index in [-0.39, 0.29) is 23.1 Å². The molecular formula is C19H22N3O5S+. The lowest BCUT2D eigenvalue weighted by molar-refractivity contribution is -0.674. The van der Waals surface area contributed by atoms with Crippen molar-refractivity contribution in [2.24, 2.45) is 5.14 Å². The zero-order valence-corrected chi connectivity index (χ0v) is 16.2. The quantitative estimate of drug-likeness (QED) is 0.618. The SMILES string of the molecule is COc1cccc(N2C(=O)C[C@@H]([NH2+]CCc3ccc(S(N)(=O)=O)cc3)C2=O)c1. The van der Waals surface area contributed by atoms with Crippen molar-refractivity contribution in [1.82, 2.24) is 0 Å². The zero-order chi connectivity index (χ0) is 20.3. The van der Waals surface area contributed by atoms with Gasteiger partial charge in [0.25, 0.3) is 5.91 Å². The smallest absolute Gasteiger partial charge is 0.292 e. The molecule has 28 heavy (non-hydrogen) atoms. The zero-order valence-electron chi connectivity index (χ0n) is 15.4. The van der Waals surface area contributed by atoms with Crippen LogP contribution in [-0.4, -0.2) is 39.9 Å². The van der Waals surface area contributed by atoms with E-state index in [9.17, 15) is 18.0 Å². The number of hydrogen-bond donors (Lipinski definition) is 2. The molecule has 1 aliphatic heterocycles. The van der Waals surface area contributed by atoms with Gasteiger partial charge in [-0.3, -0.25) is 9.59 Å². The fourth-order valence-electron chi connectivity index (χ4n) is 3.16. The normalized spacial score (nSPS) is 17.2. The number of carbonyl (C=O) groups is 2. The number of imide groups is 1. The van der Waals surface area contributed by atoms with Gasteiger partial charge < -0.3 is 10.1 Å². The topological polar surface area (TPSA) is 123 Å². The molecule has 0 spiro atoms. The van der Waals surface area contributed by atoms with Gasteiger partial charge in [0.2, 0.25) is 15.9 Å². The lowest BCUT2D eigenvalue weighted by Crippen LogP contribution is -2.92. The van der Waals surface area contributed by atoms with E-state index in [1.165, 1.54) is 24.1 Å². The molecule has 9 heteroatoms. The van der Waals surface area contributed by atoms with Crippen LogP contribution in [0.1, 0.15) is 12.0 Å². The Hall–Kier alpha value is -2.75. The molecule has 8 nitrogen and oxygen atoms in total. The highest BCUT2D eigenvalue weighted by molar-refractivity contribution is 7.89. The minimum absolute atomic E-state index is 0.0609. The van der Waals surface area contributed by atoms with Crippen molar-refractivity contribution in [2.75, 3.05) is 18.6 Å². The van der Waals surface area contributed by atoms with Crippen LogP contribution in [0, 0.1) is 0 Å². The predicted molar refractivity (Wildman–Crippen MR) is 102 cm³/mol. The fourth-order valence-corrected chi connectivity index (χ4v) is 3.67. The van der Waals surface area contributed by atoms with Gasteiger partial charge in [-0.1, -0.05) is 18.2 Å². The number of sulfonamides is 1. The van der Waals surface area contributed by atoms with E-state index in [1.54, 1.807) is 36.4 Å². The van der Waals surface area contributed by atoms with Crippen LogP contribution < -0.4 is 20.1 Å². The number of carbonyl (C=O) groups excluding carboxylic acids is 2. The molecule has 1 saturated heterocycles. The van der Waals surface area contributed by atoms with Gasteiger partial charge in [-0.2, -0.15) is 0 Å². The fraction of sp³-hybridized carbons (Fsp3) is 0.263. The molecular weight excluding hydrogens is 382 g/mol. The molecule has 2 aromatic rings. The number of methoxy groups -OCH3 is 1. The minimum Gasteiger partial charge on any atom is -0.497 e. The van der Waals surface area contributed by atoms with Gasteiger partial charge in [0.1, 0.15) is 5.75 Å². The Morgan fingerprint density at radius 2 is 1.89 bits per heavy atom. The van der Waals surface area contributed by atoms with Crippen molar-refractivity contribution in [1.29, 1.82) is 0 Å². The molecule has 0 unspecified atom stereocenters. The van der Waals surface area contributed by atoms with Crippen LogP contribution in [-0.2, 0) is 26.0 Å². The molecule has 1 fully saturated rings. The Labute approximate surface area is 163 Å². The summed E-state index contributed by atoms with van der Waals surface area (Å²) < 4.78 is 27.7. The van der Waals surface area contributed by atoms with Crippen molar-refractivity contribution in [2.45, 2.75) is 23.8 Å². The first-order chi connectivity index (χ1) is 13.3. The molecule has 0 bridgehead atoms. The van der Waals surface area contributed by atoms with Gasteiger partial charge in [0.15, 0.2) is 6.04 Å². The molecule has 148 valence electrons. The summed E-state index contributed by atoms with van der Waals surface area (Å²) >= 11 is 0. The Kier molecular flexibility index (Phi) is 5.78. The number of ether oxygens (including phenoxy) is 1. The van der Waals surface area contributed by atoms with Gasteiger partial charge in [0, 0.05) is 12.5 Å². The summed E-state index contributed by atoms with van der Waals surface area (Å²) in [5, 5.41) is 6.92. The molecule has 1 heterocycles. The van der Waals surface area contributed by atoms with Gasteiger partial charge >= 0.3 is 0 Å². The van der Waals surface area contributed by atoms with E-state index >= 15 is 0 Å². The van der Waals surface area contributed by atoms with Gasteiger partial charge in [-0.15, -0.1) is 0 Å². The number of benzene rings is 2. The number of hydrogen-bond acceptors (Lipinski definition) is 5. The number of nitrogens with zero attached hydrogens (tertiary/aromatic N) is 1. The third-order valence-corrected chi connectivity index (χ3v) is 5.56. The minimum atomic E-state index is -3.71. The Bertz CT molecular complexity index is 989. The Morgan fingerprint density at radius 3 is 2.54 bits per heavy atom. The van der Waals surface area contributed by atoms with Crippen LogP contribution in [0.25, 0.3) is 0 Å². The molecule has 4 N–H and O–H groups in total. The molecule has 0 aromatic heterocycles. The highest BCUT2D eigenvalue weighted by atomic mass is 32.2. The third-order valence-electron chi connectivity index (χ3n) is 4.63. The molecule has 0 radical (unpaired) electrons. The lowest BCUT2D eigenvalue weighted by Gasteiger charge is -2.15. The number of rotatable bonds is 7. The van der Waals surface area contributed by atoms with Crippen LogP contribution >= 0.6 is 0 Å². The summed E-state index contributed by atoms with van der Waals surface area (Å²) in [7, 11) is -2.18. The van der Waals surface area contributed by atoms with Crippen molar-refractivity contribution in [3.05, 3.63) is 54.1 Å². The maximum absolute atomic E-state index is 12.7. The van der Waals surface area contributed by atoms with Crippen molar-refractivity contribution < 1.29 is 28.1 Å². The first kappa shape index (κ1) is 20.0. The molecule has 1 aliphatic rings. The molecule has 1 atom stereocenters. The van der Waals surface area contributed by atoms with E-state index in [0.717, 1.165) is 5.56 Å². The Balaban J connectivity index is 1.60. The summed E-state index contributed by atoms with van der Waals surface area (Å²) in [6, 6.07) is 12.7. The summed E-state index contributed by atoms with van der Waals surface area (Å²) in [4.78, 5) is 26.3. The lowest BCUT2D eigenvalue weighted by atomic mass is 10.1. The summed E-state index contributed by atoms with van der Waals surface area (Å²) in [6.07, 6.45) is 0.766. The molecule has 0 aliphatic carbocycles. The van der Waals surface area contributed by atoms with E-state index < -0.39 is 16.1 Å². The monoisotopic (exact) mass is 404 g/mol. The van der Waals surface area contributed by atoms with E-state index in [4.69, 9.17) is 9.88 Å². The Morgan fingerprint density at radius 1 is 1.18 bits per heavy atom. The van der Waals surface area contributed by atoms with Crippen LogP contribution in [0.3, 0.4) is 0 Å². The summed E-state index contributed by atoms with van der Waals surface area (Å²) in [5.41, 5.74) is 1.42. The first-order valence-corrected chi connectivity index (χ1v) is 10.3. The third kappa shape index (κ3) is 4.38. The van der Waals surface area contributed by atoms with Gasteiger partial charge in [-0.05, 0) is 29.8 Å².